The number of halogens is 1. The van der Waals surface area contributed by atoms with Crippen molar-refractivity contribution in [1.82, 2.24) is 4.67 Å². The summed E-state index contributed by atoms with van der Waals surface area (Å²) in [5.74, 6) is 0. The van der Waals surface area contributed by atoms with Crippen molar-refractivity contribution in [3.63, 3.8) is 0 Å². The molecule has 0 aromatic heterocycles. The Hall–Kier alpha value is -0.650. The van der Waals surface area contributed by atoms with E-state index in [4.69, 9.17) is 29.7 Å². The monoisotopic (exact) mass is 439 g/mol. The van der Waals surface area contributed by atoms with Crippen LogP contribution in [0.5, 0.6) is 0 Å². The summed E-state index contributed by atoms with van der Waals surface area (Å²) in [5.41, 5.74) is 1.79. The third-order valence-corrected chi connectivity index (χ3v) is 8.06. The molecule has 0 aliphatic heterocycles. The smallest absolute Gasteiger partial charge is 0.304 e. The van der Waals surface area contributed by atoms with Crippen LogP contribution in [0.3, 0.4) is 0 Å². The van der Waals surface area contributed by atoms with Gasteiger partial charge >= 0.3 is 15.3 Å². The molecular formula is C17H28ClNO6P2. The van der Waals surface area contributed by atoms with Crippen LogP contribution in [0.15, 0.2) is 41.3 Å². The van der Waals surface area contributed by atoms with E-state index in [0.29, 0.717) is 0 Å². The quantitative estimate of drug-likeness (QED) is 0.350. The fourth-order valence-electron chi connectivity index (χ4n) is 2.32. The van der Waals surface area contributed by atoms with Gasteiger partial charge in [-0.15, -0.1) is 0 Å². The van der Waals surface area contributed by atoms with Gasteiger partial charge in [0, 0.05) is 5.54 Å². The maximum atomic E-state index is 13.5. The lowest BCUT2D eigenvalue weighted by Crippen LogP contribution is -2.24. The molecule has 0 amide bonds. The molecule has 0 saturated heterocycles. The van der Waals surface area contributed by atoms with Crippen molar-refractivity contribution >= 4 is 26.9 Å². The van der Waals surface area contributed by atoms with E-state index in [9.17, 15) is 9.13 Å². The van der Waals surface area contributed by atoms with Gasteiger partial charge in [0.05, 0.1) is 33.0 Å². The van der Waals surface area contributed by atoms with Gasteiger partial charge in [0.15, 0.2) is 0 Å². The molecule has 0 saturated carbocycles. The van der Waals surface area contributed by atoms with Gasteiger partial charge in [-0.3, -0.25) is 18.3 Å². The number of hydrogen-bond donors (Lipinski definition) is 0. The van der Waals surface area contributed by atoms with Gasteiger partial charge in [0.25, 0.3) is 0 Å². The molecule has 0 spiro atoms. The van der Waals surface area contributed by atoms with E-state index in [1.54, 1.807) is 27.7 Å². The highest BCUT2D eigenvalue weighted by Gasteiger charge is 2.44. The molecule has 0 fully saturated rings. The summed E-state index contributed by atoms with van der Waals surface area (Å²) in [6.45, 7) is 7.35. The fourth-order valence-corrected chi connectivity index (χ4v) is 6.66. The van der Waals surface area contributed by atoms with Gasteiger partial charge in [-0.1, -0.05) is 41.9 Å². The summed E-state index contributed by atoms with van der Waals surface area (Å²) in [7, 11) is -7.71. The molecule has 1 aromatic rings. The number of benzene rings is 1. The Balaban J connectivity index is 3.48. The largest absolute Gasteiger partial charge is 0.435 e. The first-order valence-corrected chi connectivity index (χ1v) is 12.3. The number of nitrogens with zero attached hydrogens (tertiary/aromatic N) is 1. The van der Waals surface area contributed by atoms with E-state index in [2.05, 4.69) is 0 Å². The lowest BCUT2D eigenvalue weighted by atomic mass is 10.2. The standard InChI is InChI=1S/C17H28ClNO6P2/c1-5-22-26(20,23-6-2)17(14-18)19(15-16-12-10-9-11-13-16)27(21,24-7-3)25-8-4/h9-14H,5-8,15H2,1-4H3/b17-14-. The van der Waals surface area contributed by atoms with Crippen LogP contribution >= 0.6 is 26.9 Å². The molecule has 27 heavy (non-hydrogen) atoms. The Morgan fingerprint density at radius 2 is 1.41 bits per heavy atom. The molecule has 0 atom stereocenters. The van der Waals surface area contributed by atoms with Crippen LogP contribution in [0, 0.1) is 0 Å². The molecule has 7 nitrogen and oxygen atoms in total. The van der Waals surface area contributed by atoms with Gasteiger partial charge in [0.2, 0.25) is 0 Å². The summed E-state index contributed by atoms with van der Waals surface area (Å²) >= 11 is 6.02. The van der Waals surface area contributed by atoms with Gasteiger partial charge in [0.1, 0.15) is 5.44 Å². The van der Waals surface area contributed by atoms with E-state index in [1.165, 1.54) is 4.67 Å². The first kappa shape index (κ1) is 24.4. The lowest BCUT2D eigenvalue weighted by Gasteiger charge is -2.34. The first-order chi connectivity index (χ1) is 12.9. The Labute approximate surface area is 166 Å². The Morgan fingerprint density at radius 3 is 1.81 bits per heavy atom. The van der Waals surface area contributed by atoms with Crippen molar-refractivity contribution in [1.29, 1.82) is 0 Å². The average Bonchev–Trinajstić information content (AvgIpc) is 2.63. The van der Waals surface area contributed by atoms with Gasteiger partial charge in [-0.2, -0.15) is 0 Å². The predicted molar refractivity (Wildman–Crippen MR) is 108 cm³/mol. The van der Waals surface area contributed by atoms with Gasteiger partial charge in [-0.25, -0.2) is 4.57 Å². The number of hydrogen-bond acceptors (Lipinski definition) is 6. The highest BCUT2D eigenvalue weighted by atomic mass is 35.5. The Bertz CT molecular complexity index is 665. The zero-order valence-electron chi connectivity index (χ0n) is 16.2. The zero-order chi connectivity index (χ0) is 20.3. The van der Waals surface area contributed by atoms with Crippen LogP contribution in [0.25, 0.3) is 0 Å². The third-order valence-electron chi connectivity index (χ3n) is 3.30. The maximum absolute atomic E-state index is 13.5. The fraction of sp³-hybridized carbons (Fsp3) is 0.529. The SMILES string of the molecule is CCOP(=O)(OCC)/C(=C\Cl)N(Cc1ccccc1)P(=O)(OCC)OCC. The highest BCUT2D eigenvalue weighted by molar-refractivity contribution is 7.60. The number of rotatable bonds is 13. The Morgan fingerprint density at radius 1 is 0.926 bits per heavy atom. The van der Waals surface area contributed by atoms with Crippen LogP contribution in [-0.4, -0.2) is 31.1 Å². The molecule has 0 bridgehead atoms. The predicted octanol–water partition coefficient (Wildman–Crippen LogP) is 5.97. The minimum absolute atomic E-state index is 0.0676. The summed E-state index contributed by atoms with van der Waals surface area (Å²) in [5, 5.41) is 0. The molecule has 10 heteroatoms. The average molecular weight is 440 g/mol. The molecule has 0 radical (unpaired) electrons. The van der Waals surface area contributed by atoms with Crippen LogP contribution in [0.2, 0.25) is 0 Å². The van der Waals surface area contributed by atoms with Crippen LogP contribution in [0.4, 0.5) is 0 Å². The van der Waals surface area contributed by atoms with Crippen LogP contribution < -0.4 is 0 Å². The van der Waals surface area contributed by atoms with Crippen molar-refractivity contribution in [2.75, 3.05) is 26.4 Å². The minimum atomic E-state index is -3.86. The molecule has 0 aliphatic carbocycles. The summed E-state index contributed by atoms with van der Waals surface area (Å²) in [4.78, 5) is 0. The van der Waals surface area contributed by atoms with Crippen LogP contribution in [0.1, 0.15) is 33.3 Å². The second-order valence-corrected chi connectivity index (χ2v) is 9.27. The second kappa shape index (κ2) is 12.0. The summed E-state index contributed by atoms with van der Waals surface area (Å²) in [6, 6.07) is 9.23. The minimum Gasteiger partial charge on any atom is -0.304 e. The van der Waals surface area contributed by atoms with Crippen molar-refractivity contribution < 1.29 is 27.2 Å². The molecule has 0 N–H and O–H groups in total. The molecule has 1 rings (SSSR count). The van der Waals surface area contributed by atoms with E-state index in [-0.39, 0.29) is 38.4 Å². The summed E-state index contributed by atoms with van der Waals surface area (Å²) < 4.78 is 49.9. The van der Waals surface area contributed by atoms with Crippen molar-refractivity contribution in [3.05, 3.63) is 46.9 Å². The highest BCUT2D eigenvalue weighted by Crippen LogP contribution is 2.66. The van der Waals surface area contributed by atoms with E-state index in [0.717, 1.165) is 11.1 Å². The summed E-state index contributed by atoms with van der Waals surface area (Å²) in [6.07, 6.45) is 0. The first-order valence-electron chi connectivity index (χ1n) is 8.81. The molecular weight excluding hydrogens is 412 g/mol. The molecule has 0 heterocycles. The van der Waals surface area contributed by atoms with Crippen LogP contribution in [-0.2, 0) is 33.8 Å². The maximum Gasteiger partial charge on any atom is 0.435 e. The second-order valence-electron chi connectivity index (χ2n) is 5.15. The van der Waals surface area contributed by atoms with Crippen molar-refractivity contribution in [3.8, 4) is 0 Å². The van der Waals surface area contributed by atoms with Crippen molar-refractivity contribution in [2.24, 2.45) is 0 Å². The normalized spacial score (nSPS) is 13.0. The molecule has 0 aliphatic rings. The lowest BCUT2D eigenvalue weighted by molar-refractivity contribution is 0.172. The zero-order valence-corrected chi connectivity index (χ0v) is 18.7. The van der Waals surface area contributed by atoms with E-state index < -0.39 is 15.3 Å². The topological polar surface area (TPSA) is 74.3 Å². The Kier molecular flexibility index (Phi) is 10.9. The van der Waals surface area contributed by atoms with E-state index >= 15 is 0 Å². The molecule has 154 valence electrons. The molecule has 1 aromatic carbocycles. The van der Waals surface area contributed by atoms with Crippen molar-refractivity contribution in [2.45, 2.75) is 34.2 Å². The third kappa shape index (κ3) is 6.72. The van der Waals surface area contributed by atoms with Gasteiger partial charge in [-0.05, 0) is 33.3 Å². The van der Waals surface area contributed by atoms with Gasteiger partial charge < -0.3 is 9.05 Å². The molecule has 0 unspecified atom stereocenters. The van der Waals surface area contributed by atoms with E-state index in [1.807, 2.05) is 30.3 Å².